The number of halogens is 3. The van der Waals surface area contributed by atoms with E-state index in [9.17, 15) is 18.0 Å². The highest BCUT2D eigenvalue weighted by Crippen LogP contribution is 2.34. The van der Waals surface area contributed by atoms with Gasteiger partial charge in [0.2, 0.25) is 0 Å². The number of amides is 1. The molecule has 3 rings (SSSR count). The lowest BCUT2D eigenvalue weighted by molar-refractivity contribution is -0.134. The van der Waals surface area contributed by atoms with Crippen LogP contribution in [0.25, 0.3) is 10.9 Å². The van der Waals surface area contributed by atoms with Crippen LogP contribution in [0.1, 0.15) is 20.1 Å². The summed E-state index contributed by atoms with van der Waals surface area (Å²) in [5, 5.41) is 10.2. The molecule has 3 aromatic rings. The number of aromatic nitrogens is 2. The Balaban J connectivity index is 1.72. The Morgan fingerprint density at radius 1 is 1.27 bits per heavy atom. The first-order valence-electron chi connectivity index (χ1n) is 6.31. The number of carbonyl (C=O) groups is 1. The van der Waals surface area contributed by atoms with E-state index in [4.69, 9.17) is 0 Å². The second-order valence-corrected chi connectivity index (χ2v) is 5.68. The highest BCUT2D eigenvalue weighted by atomic mass is 32.1. The number of alkyl halides is 3. The van der Waals surface area contributed by atoms with Gasteiger partial charge >= 0.3 is 6.18 Å². The number of rotatable bonds is 3. The van der Waals surface area contributed by atoms with Gasteiger partial charge in [-0.2, -0.15) is 18.3 Å². The standard InChI is InChI=1S/C14H10F3N3OS/c15-14(16,17)12-5-4-11(22-12)13(21)18-6-8-2-1-3-10-9(8)7-19-20-10/h1-5,7H,6H2,(H,18,21)(H,19,20). The van der Waals surface area contributed by atoms with Gasteiger partial charge in [0.25, 0.3) is 5.91 Å². The molecule has 1 aromatic carbocycles. The molecule has 0 atom stereocenters. The molecule has 4 nitrogen and oxygen atoms in total. The Morgan fingerprint density at radius 3 is 2.82 bits per heavy atom. The van der Waals surface area contributed by atoms with Gasteiger partial charge in [0, 0.05) is 11.9 Å². The highest BCUT2D eigenvalue weighted by molar-refractivity contribution is 7.14. The van der Waals surface area contributed by atoms with Crippen molar-refractivity contribution in [3.63, 3.8) is 0 Å². The van der Waals surface area contributed by atoms with Crippen molar-refractivity contribution in [3.05, 3.63) is 51.8 Å². The molecule has 0 fully saturated rings. The molecule has 2 heterocycles. The maximum atomic E-state index is 12.5. The number of benzene rings is 1. The van der Waals surface area contributed by atoms with E-state index in [1.54, 1.807) is 6.20 Å². The van der Waals surface area contributed by atoms with Crippen molar-refractivity contribution < 1.29 is 18.0 Å². The van der Waals surface area contributed by atoms with Crippen molar-refractivity contribution in [2.45, 2.75) is 12.7 Å². The summed E-state index contributed by atoms with van der Waals surface area (Å²) in [6, 6.07) is 7.59. The van der Waals surface area contributed by atoms with Crippen LogP contribution in [0.4, 0.5) is 13.2 Å². The van der Waals surface area contributed by atoms with Crippen molar-refractivity contribution in [3.8, 4) is 0 Å². The largest absolute Gasteiger partial charge is 0.425 e. The fraction of sp³-hybridized carbons (Fsp3) is 0.143. The average molecular weight is 325 g/mol. The molecule has 0 spiro atoms. The van der Waals surface area contributed by atoms with Gasteiger partial charge in [0.05, 0.1) is 16.6 Å². The molecular formula is C14H10F3N3OS. The van der Waals surface area contributed by atoms with Crippen LogP contribution in [0.3, 0.4) is 0 Å². The molecule has 1 amide bonds. The highest BCUT2D eigenvalue weighted by Gasteiger charge is 2.33. The van der Waals surface area contributed by atoms with Crippen molar-refractivity contribution in [1.82, 2.24) is 15.5 Å². The van der Waals surface area contributed by atoms with Gasteiger partial charge in [-0.15, -0.1) is 11.3 Å². The summed E-state index contributed by atoms with van der Waals surface area (Å²) in [5.74, 6) is -0.527. The van der Waals surface area contributed by atoms with Crippen LogP contribution in [0.15, 0.2) is 36.5 Å². The first kappa shape index (κ1) is 14.6. The van der Waals surface area contributed by atoms with Crippen LogP contribution in [-0.4, -0.2) is 16.1 Å². The molecular weight excluding hydrogens is 315 g/mol. The van der Waals surface area contributed by atoms with Crippen molar-refractivity contribution in [2.24, 2.45) is 0 Å². The van der Waals surface area contributed by atoms with Crippen LogP contribution in [0, 0.1) is 0 Å². The molecule has 2 N–H and O–H groups in total. The number of nitrogens with zero attached hydrogens (tertiary/aromatic N) is 1. The number of aromatic amines is 1. The van der Waals surface area contributed by atoms with Gasteiger partial charge in [-0.1, -0.05) is 12.1 Å². The summed E-state index contributed by atoms with van der Waals surface area (Å²) in [6.07, 6.45) is -2.78. The first-order valence-corrected chi connectivity index (χ1v) is 7.13. The molecule has 2 aromatic heterocycles. The zero-order valence-electron chi connectivity index (χ0n) is 11.1. The van der Waals surface area contributed by atoms with Crippen molar-refractivity contribution in [1.29, 1.82) is 0 Å². The fourth-order valence-corrected chi connectivity index (χ4v) is 2.85. The molecule has 0 radical (unpaired) electrons. The molecule has 22 heavy (non-hydrogen) atoms. The molecule has 0 bridgehead atoms. The topological polar surface area (TPSA) is 57.8 Å². The van der Waals surface area contributed by atoms with Gasteiger partial charge in [-0.25, -0.2) is 0 Å². The van der Waals surface area contributed by atoms with E-state index in [2.05, 4.69) is 15.5 Å². The maximum Gasteiger partial charge on any atom is 0.425 e. The summed E-state index contributed by atoms with van der Waals surface area (Å²) in [6.45, 7) is 0.217. The Morgan fingerprint density at radius 2 is 2.09 bits per heavy atom. The minimum absolute atomic E-state index is 0.0340. The number of carbonyl (C=O) groups excluding carboxylic acids is 1. The Labute approximate surface area is 127 Å². The van der Waals surface area contributed by atoms with E-state index in [1.165, 1.54) is 6.07 Å². The number of H-pyrrole nitrogens is 1. The van der Waals surface area contributed by atoms with Crippen molar-refractivity contribution in [2.75, 3.05) is 0 Å². The van der Waals surface area contributed by atoms with Gasteiger partial charge in [0.1, 0.15) is 4.88 Å². The molecule has 114 valence electrons. The van der Waals surface area contributed by atoms with Crippen molar-refractivity contribution >= 4 is 28.1 Å². The molecule has 0 aliphatic heterocycles. The van der Waals surface area contributed by atoms with E-state index in [1.807, 2.05) is 18.2 Å². The van der Waals surface area contributed by atoms with E-state index in [0.29, 0.717) is 11.3 Å². The molecule has 0 saturated carbocycles. The minimum atomic E-state index is -4.43. The van der Waals surface area contributed by atoms with Gasteiger partial charge in [-0.3, -0.25) is 9.89 Å². The number of hydrogen-bond donors (Lipinski definition) is 2. The molecule has 0 aliphatic rings. The lowest BCUT2D eigenvalue weighted by Gasteiger charge is -2.05. The molecule has 0 saturated heterocycles. The SMILES string of the molecule is O=C(NCc1cccc2[nH]ncc12)c1ccc(C(F)(F)F)s1. The summed E-state index contributed by atoms with van der Waals surface area (Å²) in [4.78, 5) is 11.2. The van der Waals surface area contributed by atoms with Crippen LogP contribution in [0.5, 0.6) is 0 Å². The first-order chi connectivity index (χ1) is 10.4. The minimum Gasteiger partial charge on any atom is -0.347 e. The lowest BCUT2D eigenvalue weighted by Crippen LogP contribution is -2.21. The van der Waals surface area contributed by atoms with Crippen LogP contribution in [0.2, 0.25) is 0 Å². The van der Waals surface area contributed by atoms with Gasteiger partial charge in [-0.05, 0) is 23.8 Å². The second kappa shape index (κ2) is 5.45. The summed E-state index contributed by atoms with van der Waals surface area (Å²) in [7, 11) is 0. The van der Waals surface area contributed by atoms with E-state index >= 15 is 0 Å². The molecule has 0 aliphatic carbocycles. The Kier molecular flexibility index (Phi) is 3.61. The monoisotopic (exact) mass is 325 g/mol. The summed E-state index contributed by atoms with van der Waals surface area (Å²) >= 11 is 0.433. The van der Waals surface area contributed by atoms with E-state index < -0.39 is 17.0 Å². The number of thiophene rings is 1. The molecule has 8 heteroatoms. The normalized spacial score (nSPS) is 11.8. The predicted molar refractivity (Wildman–Crippen MR) is 76.6 cm³/mol. The lowest BCUT2D eigenvalue weighted by atomic mass is 10.1. The van der Waals surface area contributed by atoms with Crippen LogP contribution >= 0.6 is 11.3 Å². The zero-order chi connectivity index (χ0) is 15.7. The number of nitrogens with one attached hydrogen (secondary N) is 2. The summed E-state index contributed by atoms with van der Waals surface area (Å²) in [5.41, 5.74) is 1.68. The van der Waals surface area contributed by atoms with Gasteiger partial charge < -0.3 is 5.32 Å². The Bertz CT molecular complexity index is 822. The maximum absolute atomic E-state index is 12.5. The number of fused-ring (bicyclic) bond motifs is 1. The van der Waals surface area contributed by atoms with Crippen LogP contribution < -0.4 is 5.32 Å². The predicted octanol–water partition coefficient (Wildman–Crippen LogP) is 3.57. The zero-order valence-corrected chi connectivity index (χ0v) is 11.9. The quantitative estimate of drug-likeness (QED) is 0.773. The fourth-order valence-electron chi connectivity index (χ4n) is 2.06. The van der Waals surface area contributed by atoms with Crippen LogP contribution in [-0.2, 0) is 12.7 Å². The average Bonchev–Trinajstić information content (AvgIpc) is 3.12. The third-order valence-electron chi connectivity index (χ3n) is 3.12. The van der Waals surface area contributed by atoms with E-state index in [-0.39, 0.29) is 11.4 Å². The molecule has 0 unspecified atom stereocenters. The Hall–Kier alpha value is -2.35. The van der Waals surface area contributed by atoms with Gasteiger partial charge in [0.15, 0.2) is 0 Å². The number of hydrogen-bond acceptors (Lipinski definition) is 3. The summed E-state index contributed by atoms with van der Waals surface area (Å²) < 4.78 is 37.6. The second-order valence-electron chi connectivity index (χ2n) is 4.59. The smallest absolute Gasteiger partial charge is 0.347 e. The third kappa shape index (κ3) is 2.82. The third-order valence-corrected chi connectivity index (χ3v) is 4.25. The van der Waals surface area contributed by atoms with E-state index in [0.717, 1.165) is 22.5 Å².